The van der Waals surface area contributed by atoms with Gasteiger partial charge in [-0.3, -0.25) is 9.59 Å². The number of rotatable bonds is 63. The molecule has 0 aromatic rings. The van der Waals surface area contributed by atoms with Crippen LogP contribution in [0.1, 0.15) is 290 Å². The molecule has 0 bridgehead atoms. The summed E-state index contributed by atoms with van der Waals surface area (Å²) in [6, 6.07) is 0. The average Bonchev–Trinajstić information content (AvgIpc) is 3.55. The van der Waals surface area contributed by atoms with Crippen LogP contribution in [0.4, 0.5) is 0 Å². The molecule has 482 valence electrons. The molecule has 0 saturated heterocycles. The lowest BCUT2D eigenvalue weighted by atomic mass is 10.0. The zero-order valence-electron chi connectivity index (χ0n) is 55.0. The maximum atomic E-state index is 12.9. The number of allylic oxidation sites excluding steroid dienone is 18. The molecular weight excluding hydrogens is 1040 g/mol. The number of hydrogen-bond donors (Lipinski definition) is 0. The molecular formula is C75H129NO8. The van der Waals surface area contributed by atoms with Gasteiger partial charge in [0.15, 0.2) is 12.4 Å². The molecule has 0 aromatic heterocycles. The van der Waals surface area contributed by atoms with Crippen molar-refractivity contribution in [3.05, 3.63) is 109 Å². The van der Waals surface area contributed by atoms with Crippen LogP contribution in [0.15, 0.2) is 109 Å². The Morgan fingerprint density at radius 3 is 1.00 bits per heavy atom. The molecule has 0 aliphatic carbocycles. The molecule has 2 unspecified atom stereocenters. The van der Waals surface area contributed by atoms with Crippen LogP contribution in [-0.2, 0) is 33.3 Å². The minimum absolute atomic E-state index is 0.132. The second kappa shape index (κ2) is 64.9. The van der Waals surface area contributed by atoms with Crippen molar-refractivity contribution in [3.8, 4) is 0 Å². The number of hydrogen-bond acceptors (Lipinski definition) is 8. The van der Waals surface area contributed by atoms with Crippen molar-refractivity contribution in [1.82, 2.24) is 0 Å². The number of carboxylic acid groups (broad SMARTS) is 1. The van der Waals surface area contributed by atoms with E-state index in [4.69, 9.17) is 18.9 Å². The Balaban J connectivity index is 4.22. The van der Waals surface area contributed by atoms with Gasteiger partial charge in [0.25, 0.3) is 0 Å². The Morgan fingerprint density at radius 1 is 0.369 bits per heavy atom. The Hall–Kier alpha value is -4.05. The Labute approximate surface area is 517 Å². The summed E-state index contributed by atoms with van der Waals surface area (Å²) in [5.74, 6) is -2.36. The Kier molecular flexibility index (Phi) is 61.8. The normalized spacial score (nSPS) is 13.4. The topological polar surface area (TPSA) is 111 Å². The summed E-state index contributed by atoms with van der Waals surface area (Å²) < 4.78 is 22.7. The zero-order valence-corrected chi connectivity index (χ0v) is 55.0. The predicted molar refractivity (Wildman–Crippen MR) is 357 cm³/mol. The van der Waals surface area contributed by atoms with Crippen molar-refractivity contribution in [3.63, 3.8) is 0 Å². The van der Waals surface area contributed by atoms with E-state index in [2.05, 4.69) is 123 Å². The third-order valence-electron chi connectivity index (χ3n) is 14.8. The fourth-order valence-corrected chi connectivity index (χ4v) is 9.54. The van der Waals surface area contributed by atoms with E-state index < -0.39 is 24.3 Å². The van der Waals surface area contributed by atoms with Gasteiger partial charge >= 0.3 is 11.9 Å². The minimum atomic E-state index is -1.64. The second-order valence-corrected chi connectivity index (χ2v) is 24.1. The molecule has 0 N–H and O–H groups in total. The summed E-state index contributed by atoms with van der Waals surface area (Å²) in [4.78, 5) is 37.4. The summed E-state index contributed by atoms with van der Waals surface area (Å²) in [5, 5.41) is 11.8. The van der Waals surface area contributed by atoms with Crippen LogP contribution in [0.2, 0.25) is 0 Å². The van der Waals surface area contributed by atoms with Gasteiger partial charge in [0, 0.05) is 12.8 Å². The van der Waals surface area contributed by atoms with E-state index in [-0.39, 0.29) is 38.6 Å². The molecule has 0 radical (unpaired) electrons. The van der Waals surface area contributed by atoms with Crippen LogP contribution in [0.5, 0.6) is 0 Å². The van der Waals surface area contributed by atoms with Crippen molar-refractivity contribution in [1.29, 1.82) is 0 Å². The van der Waals surface area contributed by atoms with Gasteiger partial charge in [0.1, 0.15) is 13.2 Å². The monoisotopic (exact) mass is 1170 g/mol. The van der Waals surface area contributed by atoms with E-state index in [1.54, 1.807) is 0 Å². The van der Waals surface area contributed by atoms with Gasteiger partial charge < -0.3 is 33.3 Å². The summed E-state index contributed by atoms with van der Waals surface area (Å²) in [5.41, 5.74) is 0. The molecule has 0 heterocycles. The van der Waals surface area contributed by atoms with E-state index in [9.17, 15) is 19.5 Å². The fourth-order valence-electron chi connectivity index (χ4n) is 9.54. The van der Waals surface area contributed by atoms with Gasteiger partial charge in [0.05, 0.1) is 40.3 Å². The van der Waals surface area contributed by atoms with Gasteiger partial charge in [-0.25, -0.2) is 0 Å². The minimum Gasteiger partial charge on any atom is -0.545 e. The maximum Gasteiger partial charge on any atom is 0.306 e. The summed E-state index contributed by atoms with van der Waals surface area (Å²) in [6.07, 6.45) is 87.6. The van der Waals surface area contributed by atoms with Gasteiger partial charge in [-0.2, -0.15) is 0 Å². The highest BCUT2D eigenvalue weighted by Gasteiger charge is 2.22. The van der Waals surface area contributed by atoms with Crippen LogP contribution < -0.4 is 5.11 Å². The molecule has 0 rings (SSSR count). The summed E-state index contributed by atoms with van der Waals surface area (Å²) in [6.45, 7) is 4.59. The number of likely N-dealkylation sites (N-methyl/N-ethyl adjacent to an activating group) is 1. The lowest BCUT2D eigenvalue weighted by Gasteiger charge is -2.26. The van der Waals surface area contributed by atoms with Crippen molar-refractivity contribution in [2.75, 3.05) is 47.5 Å². The van der Waals surface area contributed by atoms with Gasteiger partial charge in [-0.1, -0.05) is 309 Å². The number of unbranched alkanes of at least 4 members (excludes halogenated alkanes) is 30. The molecule has 84 heavy (non-hydrogen) atoms. The first-order chi connectivity index (χ1) is 41.1. The Bertz CT molecular complexity index is 1750. The third-order valence-corrected chi connectivity index (χ3v) is 14.8. The van der Waals surface area contributed by atoms with Crippen LogP contribution in [0.3, 0.4) is 0 Å². The number of carbonyl (C=O) groups is 3. The fraction of sp³-hybridized carbons (Fsp3) is 0.720. The number of quaternary nitrogens is 1. The van der Waals surface area contributed by atoms with Crippen molar-refractivity contribution in [2.45, 2.75) is 302 Å². The molecule has 0 spiro atoms. The molecule has 0 saturated carbocycles. The first-order valence-corrected chi connectivity index (χ1v) is 34.5. The maximum absolute atomic E-state index is 12.9. The quantitative estimate of drug-likeness (QED) is 0.0195. The van der Waals surface area contributed by atoms with Crippen LogP contribution in [0, 0.1) is 0 Å². The highest BCUT2D eigenvalue weighted by atomic mass is 16.7. The average molecular weight is 1170 g/mol. The molecule has 9 nitrogen and oxygen atoms in total. The SMILES string of the molecule is CC/C=C\C/C=C\C/C=C\C/C=C\C/C=C\C/C=C\C/C=C\C/C=C\C/C=C\CCCC(=O)OC(COC(=O)CCCCCCCCCCCCCCCCCCCCCCCCCCCCCCCC)COC(OCC[N+](C)(C)C)C(=O)[O-]. The molecule has 0 aromatic carbocycles. The molecule has 0 aliphatic heterocycles. The number of ether oxygens (including phenoxy) is 4. The number of nitrogens with zero attached hydrogens (tertiary/aromatic N) is 1. The third kappa shape index (κ3) is 65.5. The molecule has 0 fully saturated rings. The van der Waals surface area contributed by atoms with E-state index in [0.717, 1.165) is 77.0 Å². The van der Waals surface area contributed by atoms with E-state index >= 15 is 0 Å². The zero-order chi connectivity index (χ0) is 61.2. The van der Waals surface area contributed by atoms with Crippen LogP contribution in [-0.4, -0.2) is 82.3 Å². The summed E-state index contributed by atoms with van der Waals surface area (Å²) >= 11 is 0. The molecule has 2 atom stereocenters. The predicted octanol–water partition coefficient (Wildman–Crippen LogP) is 20.1. The Morgan fingerprint density at radius 2 is 0.679 bits per heavy atom. The van der Waals surface area contributed by atoms with Gasteiger partial charge in [0.2, 0.25) is 0 Å². The first-order valence-electron chi connectivity index (χ1n) is 34.5. The standard InChI is InChI=1S/C75H129NO8/c1-6-8-10-12-14-16-18-20-22-24-26-28-30-32-34-36-38-39-41-43-45-47-49-51-53-55-57-59-61-63-65-72(77)82-69-71(70-83-75(74(79)80)81-68-67-76(3,4)5)84-73(78)66-64-62-60-58-56-54-52-50-48-46-44-42-40-37-35-33-31-29-27-25-23-21-19-17-15-13-11-9-7-2/h9,11,15,17,21,23,27,29,33,35,40,42,46,48,52,54,58,60,71,75H,6-8,10,12-14,16,18-20,22,24-26,28,30-32,34,36-39,41,43-45,47,49-51,53,55-57,59,61-70H2,1-5H3/b11-9-,17-15-,23-21-,29-27-,35-33-,42-40-,48-46-,54-52-,60-58-. The van der Waals surface area contributed by atoms with E-state index in [1.165, 1.54) is 173 Å². The van der Waals surface area contributed by atoms with E-state index in [1.807, 2.05) is 21.1 Å². The number of carbonyl (C=O) groups excluding carboxylic acids is 3. The van der Waals surface area contributed by atoms with Gasteiger partial charge in [-0.05, 0) is 77.0 Å². The first kappa shape index (κ1) is 80.0. The number of aliphatic carboxylic acids is 1. The molecule has 9 heteroatoms. The second-order valence-electron chi connectivity index (χ2n) is 24.1. The highest BCUT2D eigenvalue weighted by Crippen LogP contribution is 2.18. The van der Waals surface area contributed by atoms with Crippen molar-refractivity contribution < 1.29 is 42.9 Å². The van der Waals surface area contributed by atoms with Gasteiger partial charge in [-0.15, -0.1) is 0 Å². The smallest absolute Gasteiger partial charge is 0.306 e. The van der Waals surface area contributed by atoms with Crippen molar-refractivity contribution >= 4 is 17.9 Å². The number of carboxylic acids is 1. The lowest BCUT2D eigenvalue weighted by molar-refractivity contribution is -0.870. The van der Waals surface area contributed by atoms with E-state index in [0.29, 0.717) is 23.9 Å². The molecule has 0 amide bonds. The van der Waals surface area contributed by atoms with Crippen LogP contribution in [0.25, 0.3) is 0 Å². The molecule has 0 aliphatic rings. The van der Waals surface area contributed by atoms with Crippen LogP contribution >= 0.6 is 0 Å². The van der Waals surface area contributed by atoms with Crippen molar-refractivity contribution in [2.24, 2.45) is 0 Å². The number of esters is 2. The summed E-state index contributed by atoms with van der Waals surface area (Å²) in [7, 11) is 5.91. The highest BCUT2D eigenvalue weighted by molar-refractivity contribution is 5.70. The lowest BCUT2D eigenvalue weighted by Crippen LogP contribution is -2.44. The largest absolute Gasteiger partial charge is 0.545 e.